The molecule has 1 aliphatic rings. The van der Waals surface area contributed by atoms with Gasteiger partial charge in [0.1, 0.15) is 23.3 Å². The SMILES string of the molecule is Cn1c(C#N)ccc1C(=O)N1OCCC1c1c(F)cccc1Cl. The first kappa shape index (κ1) is 15.5. The topological polar surface area (TPSA) is 58.3 Å². The molecule has 5 nitrogen and oxygen atoms in total. The van der Waals surface area contributed by atoms with Crippen molar-refractivity contribution >= 4 is 17.5 Å². The van der Waals surface area contributed by atoms with E-state index in [1.54, 1.807) is 25.2 Å². The van der Waals surface area contributed by atoms with Crippen LogP contribution in [0.25, 0.3) is 0 Å². The van der Waals surface area contributed by atoms with Crippen molar-refractivity contribution in [3.8, 4) is 6.07 Å². The maximum absolute atomic E-state index is 14.2. The van der Waals surface area contributed by atoms with Crippen molar-refractivity contribution in [1.82, 2.24) is 9.63 Å². The minimum absolute atomic E-state index is 0.245. The van der Waals surface area contributed by atoms with E-state index in [0.717, 1.165) is 5.06 Å². The fourth-order valence-electron chi connectivity index (χ4n) is 2.71. The monoisotopic (exact) mass is 333 g/mol. The van der Waals surface area contributed by atoms with E-state index in [4.69, 9.17) is 21.7 Å². The third kappa shape index (κ3) is 2.58. The Kier molecular flexibility index (Phi) is 4.07. The summed E-state index contributed by atoms with van der Waals surface area (Å²) in [7, 11) is 1.62. The van der Waals surface area contributed by atoms with Crippen LogP contribution in [0.1, 0.15) is 34.2 Å². The molecule has 0 bridgehead atoms. The summed E-state index contributed by atoms with van der Waals surface area (Å²) in [6, 6.07) is 8.88. The van der Waals surface area contributed by atoms with Crippen LogP contribution in [0.3, 0.4) is 0 Å². The predicted octanol–water partition coefficient (Wildman–Crippen LogP) is 3.21. The third-order valence-corrected chi connectivity index (χ3v) is 4.22. The average Bonchev–Trinajstić information content (AvgIpc) is 3.13. The molecule has 2 heterocycles. The van der Waals surface area contributed by atoms with Crippen LogP contribution in [0.2, 0.25) is 5.02 Å². The Labute approximate surface area is 137 Å². The molecule has 3 rings (SSSR count). The summed E-state index contributed by atoms with van der Waals surface area (Å²) in [6.45, 7) is 0.288. The molecule has 1 aliphatic heterocycles. The molecule has 0 N–H and O–H groups in total. The zero-order chi connectivity index (χ0) is 16.6. The number of hydroxylamine groups is 2. The highest BCUT2D eigenvalue weighted by molar-refractivity contribution is 6.31. The van der Waals surface area contributed by atoms with Gasteiger partial charge in [-0.1, -0.05) is 17.7 Å². The number of nitrogens with zero attached hydrogens (tertiary/aromatic N) is 3. The largest absolute Gasteiger partial charge is 0.331 e. The Morgan fingerprint density at radius 3 is 2.87 bits per heavy atom. The van der Waals surface area contributed by atoms with Crippen molar-refractivity contribution in [2.45, 2.75) is 12.5 Å². The molecule has 0 saturated carbocycles. The van der Waals surface area contributed by atoms with Crippen LogP contribution in [0.15, 0.2) is 30.3 Å². The molecule has 1 unspecified atom stereocenters. The fourth-order valence-corrected chi connectivity index (χ4v) is 3.00. The Morgan fingerprint density at radius 1 is 1.43 bits per heavy atom. The predicted molar refractivity (Wildman–Crippen MR) is 81.0 cm³/mol. The Bertz CT molecular complexity index is 792. The van der Waals surface area contributed by atoms with Gasteiger partial charge in [-0.2, -0.15) is 5.26 Å². The minimum atomic E-state index is -0.600. The van der Waals surface area contributed by atoms with Crippen molar-refractivity contribution in [3.05, 3.63) is 58.1 Å². The average molecular weight is 334 g/mol. The molecule has 118 valence electrons. The fraction of sp³-hybridized carbons (Fsp3) is 0.250. The zero-order valence-corrected chi connectivity index (χ0v) is 13.0. The summed E-state index contributed by atoms with van der Waals surface area (Å²) in [5.74, 6) is -0.911. The van der Waals surface area contributed by atoms with Crippen molar-refractivity contribution in [1.29, 1.82) is 5.26 Å². The molecule has 7 heteroatoms. The van der Waals surface area contributed by atoms with Crippen LogP contribution < -0.4 is 0 Å². The molecule has 1 aromatic carbocycles. The number of hydrogen-bond acceptors (Lipinski definition) is 3. The Balaban J connectivity index is 1.97. The number of nitriles is 1. The highest BCUT2D eigenvalue weighted by Crippen LogP contribution is 2.37. The molecule has 1 aromatic heterocycles. The summed E-state index contributed by atoms with van der Waals surface area (Å²) < 4.78 is 15.6. The number of amides is 1. The molecule has 2 aromatic rings. The molecule has 1 amide bonds. The third-order valence-electron chi connectivity index (χ3n) is 3.89. The summed E-state index contributed by atoms with van der Waals surface area (Å²) in [6.07, 6.45) is 0.446. The smallest absolute Gasteiger partial charge is 0.294 e. The van der Waals surface area contributed by atoms with Gasteiger partial charge in [-0.15, -0.1) is 0 Å². The Morgan fingerprint density at radius 2 is 2.22 bits per heavy atom. The van der Waals surface area contributed by atoms with Gasteiger partial charge in [0.25, 0.3) is 5.91 Å². The van der Waals surface area contributed by atoms with Crippen molar-refractivity contribution < 1.29 is 14.0 Å². The van der Waals surface area contributed by atoms with Crippen molar-refractivity contribution in [2.75, 3.05) is 6.61 Å². The van der Waals surface area contributed by atoms with E-state index in [9.17, 15) is 9.18 Å². The molecule has 0 spiro atoms. The van der Waals surface area contributed by atoms with E-state index in [2.05, 4.69) is 0 Å². The van der Waals surface area contributed by atoms with E-state index >= 15 is 0 Å². The number of aromatic nitrogens is 1. The summed E-state index contributed by atoms with van der Waals surface area (Å²) in [4.78, 5) is 18.1. The number of halogens is 2. The van der Waals surface area contributed by atoms with E-state index in [0.29, 0.717) is 17.8 Å². The van der Waals surface area contributed by atoms with Gasteiger partial charge in [0.15, 0.2) is 0 Å². The van der Waals surface area contributed by atoms with Gasteiger partial charge in [-0.05, 0) is 24.3 Å². The lowest BCUT2D eigenvalue weighted by atomic mass is 10.0. The first-order valence-corrected chi connectivity index (χ1v) is 7.38. The van der Waals surface area contributed by atoms with E-state index in [-0.39, 0.29) is 17.2 Å². The summed E-state index contributed by atoms with van der Waals surface area (Å²) >= 11 is 6.10. The Hall–Kier alpha value is -2.36. The lowest BCUT2D eigenvalue weighted by Crippen LogP contribution is -2.31. The molecular formula is C16H13ClFN3O2. The molecule has 1 saturated heterocycles. The second kappa shape index (κ2) is 6.03. The lowest BCUT2D eigenvalue weighted by Gasteiger charge is -2.24. The van der Waals surface area contributed by atoms with Crippen LogP contribution in [0.5, 0.6) is 0 Å². The summed E-state index contributed by atoms with van der Waals surface area (Å²) in [5.41, 5.74) is 0.892. The standard InChI is InChI=1S/C16H13ClFN3O2/c1-20-10(9-19)5-6-14(20)16(22)21-13(7-8-23-21)15-11(17)3-2-4-12(15)18/h2-6,13H,7-8H2,1H3. The molecule has 1 fully saturated rings. The number of carbonyl (C=O) groups excluding carboxylic acids is 1. The number of carbonyl (C=O) groups is 1. The van der Waals surface area contributed by atoms with E-state index in [1.165, 1.54) is 16.7 Å². The molecular weight excluding hydrogens is 321 g/mol. The van der Waals surface area contributed by atoms with Crippen molar-refractivity contribution in [2.24, 2.45) is 7.05 Å². The number of benzene rings is 1. The van der Waals surface area contributed by atoms with Gasteiger partial charge < -0.3 is 4.57 Å². The van der Waals surface area contributed by atoms with Gasteiger partial charge >= 0.3 is 0 Å². The second-order valence-electron chi connectivity index (χ2n) is 5.18. The molecule has 0 radical (unpaired) electrons. The molecule has 0 aliphatic carbocycles. The lowest BCUT2D eigenvalue weighted by molar-refractivity contribution is -0.0974. The van der Waals surface area contributed by atoms with Gasteiger partial charge in [0.05, 0.1) is 12.6 Å². The van der Waals surface area contributed by atoms with Crippen LogP contribution in [-0.4, -0.2) is 22.1 Å². The quantitative estimate of drug-likeness (QED) is 0.848. The normalized spacial score (nSPS) is 17.3. The van der Waals surface area contributed by atoms with E-state index < -0.39 is 17.8 Å². The first-order valence-electron chi connectivity index (χ1n) is 7.00. The maximum Gasteiger partial charge on any atom is 0.294 e. The van der Waals surface area contributed by atoms with Crippen LogP contribution in [0, 0.1) is 17.1 Å². The van der Waals surface area contributed by atoms with Crippen molar-refractivity contribution in [3.63, 3.8) is 0 Å². The second-order valence-corrected chi connectivity index (χ2v) is 5.59. The first-order chi connectivity index (χ1) is 11.0. The minimum Gasteiger partial charge on any atom is -0.331 e. The van der Waals surface area contributed by atoms with E-state index in [1.807, 2.05) is 6.07 Å². The highest BCUT2D eigenvalue weighted by Gasteiger charge is 2.36. The zero-order valence-electron chi connectivity index (χ0n) is 12.3. The maximum atomic E-state index is 14.2. The van der Waals surface area contributed by atoms with Gasteiger partial charge in [-0.25, -0.2) is 9.45 Å². The number of rotatable bonds is 2. The van der Waals surface area contributed by atoms with Crippen LogP contribution in [0.4, 0.5) is 4.39 Å². The highest BCUT2D eigenvalue weighted by atomic mass is 35.5. The molecule has 23 heavy (non-hydrogen) atoms. The number of hydrogen-bond donors (Lipinski definition) is 0. The molecule has 1 atom stereocenters. The summed E-state index contributed by atoms with van der Waals surface area (Å²) in [5, 5.41) is 10.4. The van der Waals surface area contributed by atoms with Gasteiger partial charge in [-0.3, -0.25) is 9.63 Å². The van der Waals surface area contributed by atoms with Gasteiger partial charge in [0, 0.05) is 24.1 Å². The van der Waals surface area contributed by atoms with Crippen LogP contribution in [-0.2, 0) is 11.9 Å². The van der Waals surface area contributed by atoms with Crippen LogP contribution >= 0.6 is 11.6 Å². The van der Waals surface area contributed by atoms with Gasteiger partial charge in [0.2, 0.25) is 0 Å².